The molecule has 4 aromatic rings. The molecule has 174 valence electrons. The monoisotopic (exact) mass is 478 g/mol. The number of aromatic nitrogens is 2. The number of amides is 1. The number of pyridine rings is 1. The molecule has 0 radical (unpaired) electrons. The van der Waals surface area contributed by atoms with E-state index < -0.39 is 10.8 Å². The highest BCUT2D eigenvalue weighted by Gasteiger charge is 2.30. The van der Waals surface area contributed by atoms with Crippen LogP contribution in [0.5, 0.6) is 11.5 Å². The number of ether oxygens (including phenoxy) is 2. The minimum absolute atomic E-state index is 0.0889. The van der Waals surface area contributed by atoms with E-state index in [2.05, 4.69) is 16.9 Å². The van der Waals surface area contributed by atoms with Crippen molar-refractivity contribution >= 4 is 38.3 Å². The Bertz CT molecular complexity index is 1360. The van der Waals surface area contributed by atoms with Crippen molar-refractivity contribution in [2.24, 2.45) is 0 Å². The van der Waals surface area contributed by atoms with Gasteiger partial charge in [-0.3, -0.25) is 24.8 Å². The summed E-state index contributed by atoms with van der Waals surface area (Å²) < 4.78 is 11.4. The molecule has 2 aromatic carbocycles. The van der Waals surface area contributed by atoms with Crippen LogP contribution in [0.4, 0.5) is 10.8 Å². The summed E-state index contributed by atoms with van der Waals surface area (Å²) in [5, 5.41) is 12.3. The van der Waals surface area contributed by atoms with E-state index in [0.29, 0.717) is 10.8 Å². The second-order valence-electron chi connectivity index (χ2n) is 7.35. The molecular formula is C24H22N4O5S. The van der Waals surface area contributed by atoms with Crippen molar-refractivity contribution in [1.29, 1.82) is 0 Å². The largest absolute Gasteiger partial charge is 0.493 e. The first-order chi connectivity index (χ1) is 16.4. The highest BCUT2D eigenvalue weighted by Crippen LogP contribution is 2.37. The van der Waals surface area contributed by atoms with Gasteiger partial charge in [0.15, 0.2) is 16.6 Å². The number of anilines is 1. The van der Waals surface area contributed by atoms with Gasteiger partial charge in [0.1, 0.15) is 5.56 Å². The average Bonchev–Trinajstić information content (AvgIpc) is 3.29. The smallest absolute Gasteiger partial charge is 0.286 e. The molecule has 0 bridgehead atoms. The van der Waals surface area contributed by atoms with E-state index in [1.165, 1.54) is 42.6 Å². The first-order valence-corrected chi connectivity index (χ1v) is 11.3. The molecule has 0 saturated carbocycles. The van der Waals surface area contributed by atoms with Gasteiger partial charge in [0.05, 0.1) is 47.7 Å². The fourth-order valence-corrected chi connectivity index (χ4v) is 4.54. The van der Waals surface area contributed by atoms with Gasteiger partial charge in [0, 0.05) is 12.3 Å². The van der Waals surface area contributed by atoms with Crippen molar-refractivity contribution in [3.63, 3.8) is 0 Å². The third kappa shape index (κ3) is 4.53. The molecule has 0 spiro atoms. The summed E-state index contributed by atoms with van der Waals surface area (Å²) in [6, 6.07) is 13.8. The summed E-state index contributed by atoms with van der Waals surface area (Å²) in [6.45, 7) is 2.15. The van der Waals surface area contributed by atoms with Crippen LogP contribution in [0, 0.1) is 10.1 Å². The zero-order valence-corrected chi connectivity index (χ0v) is 19.7. The maximum atomic E-state index is 13.8. The maximum absolute atomic E-state index is 13.8. The Morgan fingerprint density at radius 3 is 2.53 bits per heavy atom. The van der Waals surface area contributed by atoms with E-state index in [0.717, 1.165) is 22.2 Å². The molecule has 2 heterocycles. The minimum atomic E-state index is -0.611. The van der Waals surface area contributed by atoms with Crippen LogP contribution in [0.3, 0.4) is 0 Å². The lowest BCUT2D eigenvalue weighted by Crippen LogP contribution is -2.31. The first-order valence-electron chi connectivity index (χ1n) is 10.5. The Morgan fingerprint density at radius 2 is 1.88 bits per heavy atom. The predicted octanol–water partition coefficient (Wildman–Crippen LogP) is 5.03. The van der Waals surface area contributed by atoms with Gasteiger partial charge in [-0.15, -0.1) is 0 Å². The lowest BCUT2D eigenvalue weighted by molar-refractivity contribution is -0.385. The number of fused-ring (bicyclic) bond motifs is 1. The quantitative estimate of drug-likeness (QED) is 0.258. The predicted molar refractivity (Wildman–Crippen MR) is 130 cm³/mol. The Balaban J connectivity index is 1.86. The zero-order chi connectivity index (χ0) is 24.2. The molecule has 9 nitrogen and oxygen atoms in total. The molecule has 10 heteroatoms. The molecule has 1 amide bonds. The van der Waals surface area contributed by atoms with Gasteiger partial charge in [-0.05, 0) is 36.2 Å². The van der Waals surface area contributed by atoms with E-state index in [4.69, 9.17) is 9.47 Å². The number of carbonyl (C=O) groups excluding carboxylic acids is 1. The van der Waals surface area contributed by atoms with E-state index >= 15 is 0 Å². The number of rotatable bonds is 8. The number of carbonyl (C=O) groups is 1. The number of nitro benzene ring substituents is 1. The van der Waals surface area contributed by atoms with Crippen molar-refractivity contribution in [3.05, 3.63) is 81.7 Å². The van der Waals surface area contributed by atoms with Crippen molar-refractivity contribution in [2.75, 3.05) is 19.1 Å². The lowest BCUT2D eigenvalue weighted by atomic mass is 10.1. The average molecular weight is 479 g/mol. The molecule has 0 atom stereocenters. The number of nitrogens with zero attached hydrogens (tertiary/aromatic N) is 4. The lowest BCUT2D eigenvalue weighted by Gasteiger charge is -2.20. The number of hydrogen-bond donors (Lipinski definition) is 0. The summed E-state index contributed by atoms with van der Waals surface area (Å²) in [6.07, 6.45) is 2.50. The van der Waals surface area contributed by atoms with Gasteiger partial charge in [-0.25, -0.2) is 4.98 Å². The Kier molecular flexibility index (Phi) is 6.69. The third-order valence-electron chi connectivity index (χ3n) is 5.30. The number of methoxy groups -OCH3 is 2. The topological polar surface area (TPSA) is 108 Å². The fourth-order valence-electron chi connectivity index (χ4n) is 3.51. The van der Waals surface area contributed by atoms with Crippen molar-refractivity contribution < 1.29 is 19.2 Å². The van der Waals surface area contributed by atoms with E-state index in [-0.39, 0.29) is 29.3 Å². The van der Waals surface area contributed by atoms with Crippen molar-refractivity contribution in [2.45, 2.75) is 19.9 Å². The maximum Gasteiger partial charge on any atom is 0.286 e. The fraction of sp³-hybridized carbons (Fsp3) is 0.208. The van der Waals surface area contributed by atoms with Crippen LogP contribution < -0.4 is 14.4 Å². The number of thiazole rings is 1. The molecule has 0 aliphatic heterocycles. The van der Waals surface area contributed by atoms with Crippen LogP contribution in [-0.4, -0.2) is 35.0 Å². The van der Waals surface area contributed by atoms with Gasteiger partial charge < -0.3 is 9.47 Å². The Hall–Kier alpha value is -4.05. The first kappa shape index (κ1) is 23.1. The van der Waals surface area contributed by atoms with Gasteiger partial charge in [0.2, 0.25) is 0 Å². The molecule has 0 fully saturated rings. The van der Waals surface area contributed by atoms with Gasteiger partial charge in [0.25, 0.3) is 11.6 Å². The van der Waals surface area contributed by atoms with Crippen LogP contribution in [0.25, 0.3) is 10.2 Å². The summed E-state index contributed by atoms with van der Waals surface area (Å²) in [5.74, 6) is -0.215. The van der Waals surface area contributed by atoms with E-state index in [1.807, 2.05) is 24.3 Å². The minimum Gasteiger partial charge on any atom is -0.493 e. The molecule has 0 N–H and O–H groups in total. The highest BCUT2D eigenvalue weighted by molar-refractivity contribution is 7.22. The Morgan fingerprint density at radius 1 is 1.12 bits per heavy atom. The summed E-state index contributed by atoms with van der Waals surface area (Å²) in [4.78, 5) is 35.4. The molecule has 0 aliphatic rings. The number of benzene rings is 2. The second-order valence-corrected chi connectivity index (χ2v) is 8.35. The summed E-state index contributed by atoms with van der Waals surface area (Å²) >= 11 is 1.35. The zero-order valence-electron chi connectivity index (χ0n) is 18.8. The van der Waals surface area contributed by atoms with Crippen LogP contribution >= 0.6 is 11.3 Å². The molecular weight excluding hydrogens is 456 g/mol. The van der Waals surface area contributed by atoms with Crippen LogP contribution in [0.2, 0.25) is 0 Å². The van der Waals surface area contributed by atoms with Crippen LogP contribution in [0.15, 0.2) is 54.7 Å². The normalized spacial score (nSPS) is 10.8. The second kappa shape index (κ2) is 9.84. The summed E-state index contributed by atoms with van der Waals surface area (Å²) in [5.41, 5.74) is 2.00. The molecule has 34 heavy (non-hydrogen) atoms. The molecule has 0 aliphatic carbocycles. The van der Waals surface area contributed by atoms with Crippen molar-refractivity contribution in [1.82, 2.24) is 9.97 Å². The van der Waals surface area contributed by atoms with E-state index in [1.54, 1.807) is 18.3 Å². The van der Waals surface area contributed by atoms with Gasteiger partial charge in [-0.1, -0.05) is 30.4 Å². The molecule has 4 rings (SSSR count). The standard InChI is InChI=1S/C24H22N4O5S/c1-4-15-8-9-18-22(11-15)34-24(26-18)27(14-16-7-5-6-10-25-16)23(29)17-12-20(32-2)21(33-3)13-19(17)28(30)31/h5-13H,4,14H2,1-3H3. The Labute approximate surface area is 199 Å². The molecule has 0 unspecified atom stereocenters. The van der Waals surface area contributed by atoms with Gasteiger partial charge in [-0.2, -0.15) is 0 Å². The molecule has 0 saturated heterocycles. The number of aryl methyl sites for hydroxylation is 1. The third-order valence-corrected chi connectivity index (χ3v) is 6.34. The van der Waals surface area contributed by atoms with Crippen molar-refractivity contribution in [3.8, 4) is 11.5 Å². The van der Waals surface area contributed by atoms with Crippen LogP contribution in [-0.2, 0) is 13.0 Å². The van der Waals surface area contributed by atoms with Gasteiger partial charge >= 0.3 is 0 Å². The molecule has 2 aromatic heterocycles. The summed E-state index contributed by atoms with van der Waals surface area (Å²) in [7, 11) is 2.78. The van der Waals surface area contributed by atoms with E-state index in [9.17, 15) is 14.9 Å². The highest BCUT2D eigenvalue weighted by atomic mass is 32.1. The SMILES string of the molecule is CCc1ccc2nc(N(Cc3ccccn3)C(=O)c3cc(OC)c(OC)cc3[N+](=O)[O-])sc2c1. The van der Waals surface area contributed by atoms with Crippen LogP contribution in [0.1, 0.15) is 28.5 Å². The number of hydrogen-bond acceptors (Lipinski definition) is 8. The number of nitro groups is 1.